The molecule has 3 saturated heterocycles. The van der Waals surface area contributed by atoms with Crippen molar-refractivity contribution in [3.05, 3.63) is 99.3 Å². The van der Waals surface area contributed by atoms with Crippen LogP contribution in [0.2, 0.25) is 0 Å². The van der Waals surface area contributed by atoms with E-state index in [1.807, 2.05) is 87.4 Å². The molecule has 509 valence electrons. The number of nitrogens with zero attached hydrogens (tertiary/aromatic N) is 5. The fourth-order valence-corrected chi connectivity index (χ4v) is 16.8. The van der Waals surface area contributed by atoms with E-state index in [1.54, 1.807) is 11.5 Å². The van der Waals surface area contributed by atoms with Gasteiger partial charge in [0.15, 0.2) is 11.9 Å². The monoisotopic (exact) mass is 1340 g/mol. The first-order valence-electron chi connectivity index (χ1n) is 30.7. The number of aliphatic imine (C=N–C) groups is 1. The van der Waals surface area contributed by atoms with E-state index in [4.69, 9.17) is 63.8 Å². The molecule has 1 radical (unpaired) electrons. The van der Waals surface area contributed by atoms with Crippen molar-refractivity contribution < 1.29 is 78.9 Å². The summed E-state index contributed by atoms with van der Waals surface area (Å²) in [6.07, 6.45) is -3.24. The molecule has 28 heteroatoms. The molecule has 26 nitrogen and oxygen atoms in total. The summed E-state index contributed by atoms with van der Waals surface area (Å²) in [5.74, 6) is -6.28. The number of ether oxygens (including phenoxy) is 1. The molecule has 7 amide bonds. The number of carbonyl (C=O) groups excluding carboxylic acids is 7. The molecule has 92 heavy (non-hydrogen) atoms. The van der Waals surface area contributed by atoms with E-state index in [-0.39, 0.29) is 101 Å². The summed E-state index contributed by atoms with van der Waals surface area (Å²) >= 11 is 0. The van der Waals surface area contributed by atoms with Crippen LogP contribution in [0.4, 0.5) is 0 Å². The van der Waals surface area contributed by atoms with Gasteiger partial charge in [-0.1, -0.05) is 39.8 Å². The number of nitrogens with two attached hydrogens (primary N) is 6. The van der Waals surface area contributed by atoms with Gasteiger partial charge in [0, 0.05) is 102 Å². The zero-order chi connectivity index (χ0) is 66.7. The summed E-state index contributed by atoms with van der Waals surface area (Å²) in [4.78, 5) is 103. The molecule has 6 aliphatic rings. The Hall–Kier alpha value is -6.42. The van der Waals surface area contributed by atoms with Gasteiger partial charge in [0.25, 0.3) is 0 Å². The van der Waals surface area contributed by atoms with Crippen LogP contribution < -0.4 is 45.0 Å². The predicted molar refractivity (Wildman–Crippen MR) is 342 cm³/mol. The molecule has 8 bridgehead atoms. The Balaban J connectivity index is 0.00000672. The number of rotatable bonds is 26. The van der Waals surface area contributed by atoms with Crippen molar-refractivity contribution in [2.75, 3.05) is 19.8 Å². The van der Waals surface area contributed by atoms with E-state index in [0.29, 0.717) is 62.3 Å². The van der Waals surface area contributed by atoms with Gasteiger partial charge in [-0.25, -0.2) is 4.98 Å². The summed E-state index contributed by atoms with van der Waals surface area (Å²) in [6, 6.07) is 3.30. The maximum Gasteiger partial charge on any atom is 0.328 e. The number of fused-ring (bicyclic) bond motifs is 9. The first-order chi connectivity index (χ1) is 41.8. The summed E-state index contributed by atoms with van der Waals surface area (Å²) in [6.45, 7) is 21.1. The van der Waals surface area contributed by atoms with Gasteiger partial charge in [-0.3, -0.25) is 42.7 Å². The minimum absolute atomic E-state index is 0. The quantitative estimate of drug-likeness (QED) is 0.0418. The Bertz CT molecular complexity index is 3490. The van der Waals surface area contributed by atoms with Gasteiger partial charge in [0.1, 0.15) is 23.9 Å². The normalized spacial score (nSPS) is 30.7. The fraction of sp³-hybridized carbons (Fsp3) is 0.609. The number of imidazole rings is 1. The molecule has 3 fully saturated rings. The number of hydrogen-bond donors (Lipinski definition) is 10. The fourth-order valence-electron chi connectivity index (χ4n) is 15.3. The van der Waals surface area contributed by atoms with Gasteiger partial charge < -0.3 is 87.1 Å². The van der Waals surface area contributed by atoms with Crippen LogP contribution in [0.1, 0.15) is 150 Å². The maximum atomic E-state index is 14.4. The average molecular weight is 1340 g/mol. The molecule has 0 saturated carbocycles. The number of aliphatic hydroxyl groups is 2. The van der Waals surface area contributed by atoms with Crippen LogP contribution in [-0.2, 0) is 68.7 Å². The third-order valence-corrected chi connectivity index (χ3v) is 21.8. The van der Waals surface area contributed by atoms with Crippen LogP contribution in [0.15, 0.2) is 69.0 Å². The van der Waals surface area contributed by atoms with Gasteiger partial charge >= 0.3 is 7.60 Å². The smallest absolute Gasteiger partial charge is 0.328 e. The molecule has 8 rings (SSSR count). The molecule has 0 spiro atoms. The third kappa shape index (κ3) is 14.2. The maximum absolute atomic E-state index is 14.4. The van der Waals surface area contributed by atoms with Crippen molar-refractivity contribution in [1.29, 1.82) is 0 Å². The average Bonchev–Trinajstić information content (AvgIpc) is 1.53. The van der Waals surface area contributed by atoms with E-state index < -0.39 is 137 Å². The zero-order valence-electron chi connectivity index (χ0n) is 55.1. The predicted octanol–water partition coefficient (Wildman–Crippen LogP) is 5.37. The van der Waals surface area contributed by atoms with Crippen molar-refractivity contribution in [1.82, 2.24) is 20.2 Å². The van der Waals surface area contributed by atoms with Crippen molar-refractivity contribution in [2.45, 2.75) is 189 Å². The van der Waals surface area contributed by atoms with Gasteiger partial charge in [-0.15, -0.1) is 5.70 Å². The Morgan fingerprint density at radius 2 is 1.48 bits per heavy atom. The standard InChI is InChI=1S/C63H92N13O13P.CH3.Co/c1-30-21-40-41(22-31(30)2)76(29-71-40)58-53(85)54(42(28-77)87-58)89-90(12,86)88-32(3)27-70-50(84)19-20-60(8)38(23-47(67)81)57-63(11)62(10,26-49(69)83)37(15-18-46(66)80)52(75-63)34(5)56-61(9,25-48(68)82)35(13-16-44(64)78)39(72-56)24-43-59(6,7)36(14-17-45(65)79)51(73-43)33(4)55(60)74-57;;/h21-22,24,29,32,35-36,38,42,53-54,57-58,75,77,85H,13-20,23,25-28H2,1-12H3,(H14,64,65,66,67,68,69,70,72,73,78,79,80,81,82,83,84);1H3;/q;-1;/p-1. The summed E-state index contributed by atoms with van der Waals surface area (Å²) in [5.41, 5.74) is 37.6. The number of primary amides is 6. The Morgan fingerprint density at radius 3 is 2.07 bits per heavy atom. The van der Waals surface area contributed by atoms with E-state index in [1.165, 1.54) is 13.0 Å². The molecular formula is C64H94CoN13O13P-2. The molecule has 7 heterocycles. The van der Waals surface area contributed by atoms with Gasteiger partial charge in [-0.05, 0) is 132 Å². The minimum Gasteiger partial charge on any atom is -0.664 e. The van der Waals surface area contributed by atoms with Gasteiger partial charge in [0.2, 0.25) is 41.4 Å². The number of allylic oxidation sites excluding steroid dienone is 5. The molecular weight excluding hydrogens is 1250 g/mol. The van der Waals surface area contributed by atoms with Crippen LogP contribution >= 0.6 is 7.60 Å². The van der Waals surface area contributed by atoms with E-state index in [0.717, 1.165) is 11.1 Å². The van der Waals surface area contributed by atoms with Crippen LogP contribution in [0.3, 0.4) is 0 Å². The first kappa shape index (κ1) is 74.6. The zero-order valence-corrected chi connectivity index (χ0v) is 57.0. The SMILES string of the molecule is CC1=C2[N-]C(=CC3=NC(=C(C)[C+]4[N-]C(C(CC(N)=O)C4(C)CCC(=O)NCC(C)OP(C)(=O)OC4C(CO)OC(n5cnc6cc(C)c(C)cc65)C4O)C4(C)NC1=C(CCC(N)=O)C4(C)CC(N)=O)C(CCC(N)=O)C3(C)C)C(CCC(N)=O)C2(C)CC(N)=O.[CH3-].[Co]. The van der Waals surface area contributed by atoms with Crippen LogP contribution in [0, 0.1) is 66.7 Å². The minimum atomic E-state index is -4.07. The molecule has 16 N–H and O–H groups in total. The number of benzene rings is 1. The Kier molecular flexibility index (Phi) is 22.6. The number of aromatic nitrogens is 2. The topological polar surface area (TPSA) is 443 Å². The summed E-state index contributed by atoms with van der Waals surface area (Å²) in [5, 5.41) is 39.7. The summed E-state index contributed by atoms with van der Waals surface area (Å²) < 4.78 is 33.8. The molecule has 14 atom stereocenters. The van der Waals surface area contributed by atoms with Gasteiger partial charge in [0.05, 0.1) is 41.7 Å². The number of aryl methyl sites for hydroxylation is 2. The van der Waals surface area contributed by atoms with E-state index in [2.05, 4.69) is 15.6 Å². The molecule has 14 unspecified atom stereocenters. The Labute approximate surface area is 549 Å². The van der Waals surface area contributed by atoms with Crippen molar-refractivity contribution in [3.8, 4) is 0 Å². The number of carbonyl (C=O) groups is 7. The summed E-state index contributed by atoms with van der Waals surface area (Å²) in [7, 11) is -4.07. The molecule has 1 aromatic heterocycles. The molecule has 0 aliphatic carbocycles. The van der Waals surface area contributed by atoms with E-state index in [9.17, 15) is 48.3 Å². The number of nitrogens with one attached hydrogen (secondary N) is 2. The largest absolute Gasteiger partial charge is 0.664 e. The second-order valence-electron chi connectivity index (χ2n) is 27.2. The third-order valence-electron chi connectivity index (χ3n) is 20.4. The first-order valence-corrected chi connectivity index (χ1v) is 32.7. The van der Waals surface area contributed by atoms with Crippen molar-refractivity contribution in [2.24, 2.45) is 78.8 Å². The molecule has 6 aliphatic heterocycles. The van der Waals surface area contributed by atoms with Gasteiger partial charge in [-0.2, -0.15) is 10.7 Å². The van der Waals surface area contributed by atoms with Crippen molar-refractivity contribution >= 4 is 65.7 Å². The van der Waals surface area contributed by atoms with Crippen molar-refractivity contribution in [3.63, 3.8) is 0 Å². The number of aliphatic hydroxyl groups excluding tert-OH is 2. The van der Waals surface area contributed by atoms with Crippen LogP contribution in [0.25, 0.3) is 21.7 Å². The number of hydrogen-bond acceptors (Lipinski definition) is 16. The Morgan fingerprint density at radius 1 is 0.870 bits per heavy atom. The number of amides is 7. The van der Waals surface area contributed by atoms with Crippen LogP contribution in [0.5, 0.6) is 0 Å². The molecule has 1 aromatic carbocycles. The second-order valence-corrected chi connectivity index (χ2v) is 29.1. The molecule has 2 aromatic rings. The van der Waals surface area contributed by atoms with E-state index >= 15 is 0 Å². The van der Waals surface area contributed by atoms with Crippen LogP contribution in [-0.4, -0.2) is 123 Å². The second kappa shape index (κ2) is 27.9.